The van der Waals surface area contributed by atoms with Gasteiger partial charge in [0.2, 0.25) is 5.91 Å². The molecule has 1 aliphatic heterocycles. The maximum absolute atomic E-state index is 12.5. The number of unbranched alkanes of at least 4 members (excludes halogenated alkanes) is 2. The van der Waals surface area contributed by atoms with Crippen LogP contribution in [0.4, 0.5) is 0 Å². The fraction of sp³-hybridized carbons (Fsp3) is 0.647. The molecule has 0 unspecified atom stereocenters. The number of hydrogen-bond acceptors (Lipinski definition) is 5. The van der Waals surface area contributed by atoms with Crippen LogP contribution in [0.1, 0.15) is 51.9 Å². The first-order valence-electron chi connectivity index (χ1n) is 8.36. The van der Waals surface area contributed by atoms with E-state index in [-0.39, 0.29) is 13.0 Å². The number of hydrazone groups is 1. The molecule has 1 rings (SSSR count). The first-order valence-corrected chi connectivity index (χ1v) is 8.36. The average Bonchev–Trinajstić information content (AvgIpc) is 2.58. The Bertz CT molecular complexity index is 489. The first-order chi connectivity index (χ1) is 11.5. The van der Waals surface area contributed by atoms with E-state index in [0.29, 0.717) is 19.3 Å². The van der Waals surface area contributed by atoms with E-state index in [1.165, 1.54) is 12.3 Å². The fourth-order valence-electron chi connectivity index (χ4n) is 2.55. The van der Waals surface area contributed by atoms with Gasteiger partial charge in [-0.25, -0.2) is 9.80 Å². The lowest BCUT2D eigenvalue weighted by molar-refractivity contribution is -0.154. The zero-order valence-corrected chi connectivity index (χ0v) is 14.1. The number of carbonyl (C=O) groups is 3. The van der Waals surface area contributed by atoms with Crippen LogP contribution in [0.2, 0.25) is 0 Å². The van der Waals surface area contributed by atoms with Crippen LogP contribution >= 0.6 is 0 Å². The Morgan fingerprint density at radius 3 is 2.83 bits per heavy atom. The van der Waals surface area contributed by atoms with Crippen LogP contribution in [0.25, 0.3) is 0 Å². The van der Waals surface area contributed by atoms with Crippen molar-refractivity contribution in [2.75, 3.05) is 6.61 Å². The van der Waals surface area contributed by atoms with Gasteiger partial charge < -0.3 is 9.84 Å². The van der Waals surface area contributed by atoms with Crippen LogP contribution in [0.5, 0.6) is 0 Å². The van der Waals surface area contributed by atoms with Gasteiger partial charge in [0.15, 0.2) is 6.04 Å². The minimum Gasteiger partial charge on any atom is -0.480 e. The summed E-state index contributed by atoms with van der Waals surface area (Å²) >= 11 is 0. The molecule has 1 aliphatic rings. The smallest absolute Gasteiger partial charge is 0.328 e. The molecule has 7 nitrogen and oxygen atoms in total. The van der Waals surface area contributed by atoms with Crippen molar-refractivity contribution in [2.45, 2.75) is 57.9 Å². The molecule has 0 aromatic heterocycles. The molecule has 0 saturated carbocycles. The molecule has 0 spiro atoms. The summed E-state index contributed by atoms with van der Waals surface area (Å²) in [5.41, 5.74) is 0. The van der Waals surface area contributed by atoms with Crippen molar-refractivity contribution >= 4 is 24.1 Å². The molecule has 0 aromatic carbocycles. The van der Waals surface area contributed by atoms with Gasteiger partial charge >= 0.3 is 11.9 Å². The highest BCUT2D eigenvalue weighted by atomic mass is 16.5. The summed E-state index contributed by atoms with van der Waals surface area (Å²) in [6, 6.07) is -0.969. The SMILES string of the molecule is C=CCOC(=O)[C@@H](CCCCC)CC(=O)N1N=CCC[C@H]1C(=O)O. The van der Waals surface area contributed by atoms with Crippen molar-refractivity contribution in [2.24, 2.45) is 11.0 Å². The number of aliphatic carboxylic acids is 1. The second kappa shape index (κ2) is 10.6. The van der Waals surface area contributed by atoms with Crippen molar-refractivity contribution in [1.82, 2.24) is 5.01 Å². The van der Waals surface area contributed by atoms with Gasteiger partial charge in [-0.1, -0.05) is 38.8 Å². The standard InChI is InChI=1S/C17H26N2O5/c1-3-5-6-8-13(17(23)24-11-4-2)12-15(20)19-14(16(21)22)9-7-10-18-19/h4,10,13-14H,2-3,5-9,11-12H2,1H3,(H,21,22)/t13-,14-/m0/s1. The number of esters is 1. The second-order valence-electron chi connectivity index (χ2n) is 5.78. The number of carboxylic acids is 1. The number of carboxylic acid groups (broad SMARTS) is 1. The third-order valence-corrected chi connectivity index (χ3v) is 3.86. The third kappa shape index (κ3) is 6.14. The normalized spacial score (nSPS) is 18.0. The fourth-order valence-corrected chi connectivity index (χ4v) is 2.55. The third-order valence-electron chi connectivity index (χ3n) is 3.86. The molecule has 0 radical (unpaired) electrons. The minimum atomic E-state index is -1.09. The summed E-state index contributed by atoms with van der Waals surface area (Å²) in [5, 5.41) is 14.1. The van der Waals surface area contributed by atoms with Gasteiger partial charge in [0.05, 0.1) is 5.92 Å². The number of carbonyl (C=O) groups excluding carboxylic acids is 2. The zero-order chi connectivity index (χ0) is 17.9. The number of rotatable bonds is 10. The van der Waals surface area contributed by atoms with E-state index in [1.54, 1.807) is 0 Å². The Morgan fingerprint density at radius 2 is 2.21 bits per heavy atom. The molecule has 2 atom stereocenters. The Morgan fingerprint density at radius 1 is 1.46 bits per heavy atom. The van der Waals surface area contributed by atoms with Gasteiger partial charge in [0, 0.05) is 12.6 Å². The Labute approximate surface area is 142 Å². The summed E-state index contributed by atoms with van der Waals surface area (Å²) in [4.78, 5) is 35.9. The Hall–Kier alpha value is -2.18. The van der Waals surface area contributed by atoms with Gasteiger partial charge in [-0.3, -0.25) is 9.59 Å². The molecule has 0 aliphatic carbocycles. The van der Waals surface area contributed by atoms with Gasteiger partial charge in [-0.2, -0.15) is 5.10 Å². The van der Waals surface area contributed by atoms with Gasteiger partial charge in [-0.05, 0) is 19.3 Å². The molecule has 24 heavy (non-hydrogen) atoms. The van der Waals surface area contributed by atoms with Crippen molar-refractivity contribution < 1.29 is 24.2 Å². The molecular weight excluding hydrogens is 312 g/mol. The Kier molecular flexibility index (Phi) is 8.75. The van der Waals surface area contributed by atoms with E-state index in [1.807, 2.05) is 0 Å². The van der Waals surface area contributed by atoms with Crippen molar-refractivity contribution in [1.29, 1.82) is 0 Å². The highest BCUT2D eigenvalue weighted by Gasteiger charge is 2.33. The number of nitrogens with zero attached hydrogens (tertiary/aromatic N) is 2. The maximum atomic E-state index is 12.5. The number of ether oxygens (including phenoxy) is 1. The molecule has 134 valence electrons. The largest absolute Gasteiger partial charge is 0.480 e. The second-order valence-corrected chi connectivity index (χ2v) is 5.78. The summed E-state index contributed by atoms with van der Waals surface area (Å²) in [5.74, 6) is -2.59. The van der Waals surface area contributed by atoms with E-state index in [0.717, 1.165) is 24.3 Å². The monoisotopic (exact) mass is 338 g/mol. The molecule has 1 amide bonds. The molecule has 0 aromatic rings. The van der Waals surface area contributed by atoms with Crippen LogP contribution in [-0.2, 0) is 19.1 Å². The lowest BCUT2D eigenvalue weighted by Crippen LogP contribution is -2.44. The average molecular weight is 338 g/mol. The van der Waals surface area contributed by atoms with Crippen LogP contribution in [0.15, 0.2) is 17.8 Å². The minimum absolute atomic E-state index is 0.0942. The van der Waals surface area contributed by atoms with Crippen molar-refractivity contribution in [3.63, 3.8) is 0 Å². The first kappa shape index (κ1) is 19.9. The van der Waals surface area contributed by atoms with E-state index in [4.69, 9.17) is 4.74 Å². The summed E-state index contributed by atoms with van der Waals surface area (Å²) in [7, 11) is 0. The van der Waals surface area contributed by atoms with Gasteiger partial charge in [-0.15, -0.1) is 0 Å². The quantitative estimate of drug-likeness (QED) is 0.375. The predicted molar refractivity (Wildman–Crippen MR) is 89.4 cm³/mol. The predicted octanol–water partition coefficient (Wildman–Crippen LogP) is 2.36. The molecule has 0 saturated heterocycles. The lowest BCUT2D eigenvalue weighted by atomic mass is 9.96. The van der Waals surface area contributed by atoms with E-state index < -0.39 is 29.8 Å². The van der Waals surface area contributed by atoms with Crippen molar-refractivity contribution in [3.05, 3.63) is 12.7 Å². The maximum Gasteiger partial charge on any atom is 0.328 e. The van der Waals surface area contributed by atoms with Crippen LogP contribution < -0.4 is 0 Å². The lowest BCUT2D eigenvalue weighted by Gasteiger charge is -2.28. The zero-order valence-electron chi connectivity index (χ0n) is 14.1. The van der Waals surface area contributed by atoms with Gasteiger partial charge in [0.25, 0.3) is 0 Å². The summed E-state index contributed by atoms with van der Waals surface area (Å²) in [6.07, 6.45) is 7.04. The van der Waals surface area contributed by atoms with Crippen molar-refractivity contribution in [3.8, 4) is 0 Å². The number of hydrogen-bond donors (Lipinski definition) is 1. The Balaban J connectivity index is 2.75. The molecule has 0 fully saturated rings. The highest BCUT2D eigenvalue weighted by molar-refractivity contribution is 5.88. The molecular formula is C17H26N2O5. The molecule has 7 heteroatoms. The van der Waals surface area contributed by atoms with Crippen LogP contribution in [-0.4, -0.2) is 46.8 Å². The van der Waals surface area contributed by atoms with Crippen LogP contribution in [0.3, 0.4) is 0 Å². The van der Waals surface area contributed by atoms with E-state index in [9.17, 15) is 19.5 Å². The number of amides is 1. The topological polar surface area (TPSA) is 96.3 Å². The molecule has 0 bridgehead atoms. The molecule has 1 N–H and O–H groups in total. The van der Waals surface area contributed by atoms with E-state index in [2.05, 4.69) is 18.6 Å². The molecule has 1 heterocycles. The van der Waals surface area contributed by atoms with E-state index >= 15 is 0 Å². The van der Waals surface area contributed by atoms with Gasteiger partial charge in [0.1, 0.15) is 6.61 Å². The summed E-state index contributed by atoms with van der Waals surface area (Å²) in [6.45, 7) is 5.64. The summed E-state index contributed by atoms with van der Waals surface area (Å²) < 4.78 is 5.06. The van der Waals surface area contributed by atoms with Crippen LogP contribution in [0, 0.1) is 5.92 Å². The highest BCUT2D eigenvalue weighted by Crippen LogP contribution is 2.21.